The molecular weight excluding hydrogens is 813 g/mol. The molecule has 0 bridgehead atoms. The highest BCUT2D eigenvalue weighted by Crippen LogP contribution is 2.40. The summed E-state index contributed by atoms with van der Waals surface area (Å²) in [7, 11) is 0. The van der Waals surface area contributed by atoms with Gasteiger partial charge in [-0.3, -0.25) is 0 Å². The Balaban J connectivity index is 2.52. The number of carbonyl (C=O) groups is 1. The Morgan fingerprint density at radius 3 is 0.833 bits per heavy atom. The van der Waals surface area contributed by atoms with Crippen molar-refractivity contribution in [3.63, 3.8) is 0 Å². The molecule has 0 unspecified atom stereocenters. The van der Waals surface area contributed by atoms with Crippen molar-refractivity contribution in [2.75, 3.05) is 19.8 Å². The molecule has 1 rings (SSSR count). The van der Waals surface area contributed by atoms with E-state index in [4.69, 9.17) is 14.2 Å². The summed E-state index contributed by atoms with van der Waals surface area (Å²) in [4.78, 5) is 12.2. The Bertz CT molecular complexity index is 1200. The molecule has 0 aliphatic carbocycles. The van der Waals surface area contributed by atoms with E-state index in [0.29, 0.717) is 37.1 Å². The average Bonchev–Trinajstić information content (AvgIpc) is 3.32. The molecule has 0 heterocycles. The van der Waals surface area contributed by atoms with Gasteiger partial charge in [-0.05, 0) is 108 Å². The van der Waals surface area contributed by atoms with Crippen LogP contribution in [-0.2, 0) is 0 Å². The van der Waals surface area contributed by atoms with E-state index in [9.17, 15) is 9.90 Å². The summed E-state index contributed by atoms with van der Waals surface area (Å²) >= 11 is 0. The van der Waals surface area contributed by atoms with E-state index in [0.717, 1.165) is 38.5 Å². The van der Waals surface area contributed by atoms with E-state index in [1.807, 2.05) is 0 Å². The average molecular weight is 922 g/mol. The standard InChI is InChI=1S/C61H108O5/c1-4-7-10-13-16-19-22-25-28-31-34-37-40-43-46-49-52-64-58-55-57(61(62)63)56-59(65-53-50-47-44-41-38-35-32-29-26-23-20-17-14-11-8-5-2)60(58)66-54-51-48-45-42-39-36-33-30-27-24-21-18-15-12-9-6-3/h25-30,55-56H,4-24,31-54H2,1-3H3,(H,62,63)/b28-25-,29-26-,30-27-. The summed E-state index contributed by atoms with van der Waals surface area (Å²) in [5.41, 5.74) is 0.187. The van der Waals surface area contributed by atoms with Gasteiger partial charge in [-0.15, -0.1) is 0 Å². The van der Waals surface area contributed by atoms with Crippen molar-refractivity contribution in [3.05, 3.63) is 54.2 Å². The summed E-state index contributed by atoms with van der Waals surface area (Å²) < 4.78 is 19.1. The van der Waals surface area contributed by atoms with Crippen LogP contribution in [0.15, 0.2) is 48.6 Å². The fourth-order valence-corrected chi connectivity index (χ4v) is 8.64. The number of allylic oxidation sites excluding steroid dienone is 6. The Morgan fingerprint density at radius 2 is 0.576 bits per heavy atom. The fraction of sp³-hybridized carbons (Fsp3) is 0.787. The van der Waals surface area contributed by atoms with Crippen LogP contribution in [0.4, 0.5) is 0 Å². The lowest BCUT2D eigenvalue weighted by Crippen LogP contribution is -2.08. The first-order chi connectivity index (χ1) is 32.6. The van der Waals surface area contributed by atoms with Crippen LogP contribution in [0.3, 0.4) is 0 Å². The highest BCUT2D eigenvalue weighted by Gasteiger charge is 2.19. The largest absolute Gasteiger partial charge is 0.490 e. The van der Waals surface area contributed by atoms with Crippen LogP contribution in [-0.4, -0.2) is 30.9 Å². The van der Waals surface area contributed by atoms with Gasteiger partial charge >= 0.3 is 5.97 Å². The van der Waals surface area contributed by atoms with Gasteiger partial charge in [0.25, 0.3) is 0 Å². The second-order valence-electron chi connectivity index (χ2n) is 19.5. The fourth-order valence-electron chi connectivity index (χ4n) is 8.64. The first-order valence-corrected chi connectivity index (χ1v) is 28.9. The summed E-state index contributed by atoms with van der Waals surface area (Å²) in [5, 5.41) is 10.0. The van der Waals surface area contributed by atoms with Gasteiger partial charge in [0.15, 0.2) is 11.5 Å². The van der Waals surface area contributed by atoms with Crippen LogP contribution in [0.5, 0.6) is 17.2 Å². The molecule has 0 amide bonds. The second-order valence-corrected chi connectivity index (χ2v) is 19.5. The smallest absolute Gasteiger partial charge is 0.335 e. The number of aromatic carboxylic acids is 1. The third kappa shape index (κ3) is 40.4. The van der Waals surface area contributed by atoms with E-state index < -0.39 is 5.97 Å². The van der Waals surface area contributed by atoms with Crippen LogP contribution >= 0.6 is 0 Å². The first-order valence-electron chi connectivity index (χ1n) is 28.9. The lowest BCUT2D eigenvalue weighted by molar-refractivity contribution is 0.0695. The molecule has 66 heavy (non-hydrogen) atoms. The molecule has 0 radical (unpaired) electrons. The molecule has 0 aliphatic rings. The molecule has 5 heteroatoms. The Kier molecular flexibility index (Phi) is 46.6. The summed E-state index contributed by atoms with van der Waals surface area (Å²) in [5.74, 6) is 0.604. The van der Waals surface area contributed by atoms with Gasteiger partial charge < -0.3 is 19.3 Å². The second kappa shape index (κ2) is 50.2. The van der Waals surface area contributed by atoms with Crippen LogP contribution in [0.1, 0.15) is 301 Å². The summed E-state index contributed by atoms with van der Waals surface area (Å²) in [6.45, 7) is 8.50. The number of hydrogen-bond acceptors (Lipinski definition) is 4. The topological polar surface area (TPSA) is 65.0 Å². The molecule has 0 saturated carbocycles. The van der Waals surface area contributed by atoms with E-state index in [1.165, 1.54) is 231 Å². The minimum absolute atomic E-state index is 0.187. The molecule has 5 nitrogen and oxygen atoms in total. The first kappa shape index (κ1) is 61.3. The van der Waals surface area contributed by atoms with Gasteiger partial charge in [0, 0.05) is 0 Å². The zero-order valence-electron chi connectivity index (χ0n) is 44.0. The molecule has 0 atom stereocenters. The number of unbranched alkanes of at least 4 members (excludes halogenated alkanes) is 36. The molecule has 1 aromatic rings. The summed E-state index contributed by atoms with van der Waals surface area (Å²) in [6, 6.07) is 3.27. The van der Waals surface area contributed by atoms with Gasteiger partial charge in [0.1, 0.15) is 0 Å². The van der Waals surface area contributed by atoms with Crippen molar-refractivity contribution in [2.24, 2.45) is 0 Å². The van der Waals surface area contributed by atoms with Crippen molar-refractivity contribution < 1.29 is 24.1 Å². The third-order valence-electron chi connectivity index (χ3n) is 13.0. The quantitative estimate of drug-likeness (QED) is 0.0521. The maximum atomic E-state index is 12.2. The van der Waals surface area contributed by atoms with Crippen LogP contribution in [0.25, 0.3) is 0 Å². The molecular formula is C61H108O5. The lowest BCUT2D eigenvalue weighted by Gasteiger charge is -2.18. The predicted octanol–water partition coefficient (Wildman–Crippen LogP) is 20.6. The molecule has 0 spiro atoms. The normalized spacial score (nSPS) is 11.8. The number of carboxylic acids is 1. The van der Waals surface area contributed by atoms with Crippen molar-refractivity contribution in [1.82, 2.24) is 0 Å². The number of benzene rings is 1. The van der Waals surface area contributed by atoms with E-state index in [1.54, 1.807) is 12.1 Å². The third-order valence-corrected chi connectivity index (χ3v) is 13.0. The maximum Gasteiger partial charge on any atom is 0.335 e. The van der Waals surface area contributed by atoms with Crippen LogP contribution < -0.4 is 14.2 Å². The maximum absolute atomic E-state index is 12.2. The highest BCUT2D eigenvalue weighted by atomic mass is 16.5. The zero-order valence-corrected chi connectivity index (χ0v) is 44.0. The Morgan fingerprint density at radius 1 is 0.348 bits per heavy atom. The SMILES string of the molecule is CCCCCCCC/C=C\CCCCCCCCOc1cc(C(=O)O)cc(OCCCCCCCC/C=C\CCCCCCCC)c1OCCCCCCCC/C=C\CCCCCCCC. The molecule has 1 aromatic carbocycles. The number of carboxylic acid groups (broad SMARTS) is 1. The van der Waals surface area contributed by atoms with Gasteiger partial charge in [0.2, 0.25) is 5.75 Å². The van der Waals surface area contributed by atoms with Crippen LogP contribution in [0, 0.1) is 0 Å². The number of ether oxygens (including phenoxy) is 3. The minimum Gasteiger partial charge on any atom is -0.490 e. The molecule has 0 fully saturated rings. The lowest BCUT2D eigenvalue weighted by atomic mass is 10.1. The van der Waals surface area contributed by atoms with Crippen molar-refractivity contribution in [3.8, 4) is 17.2 Å². The molecule has 0 aliphatic heterocycles. The molecule has 0 aromatic heterocycles. The van der Waals surface area contributed by atoms with Crippen molar-refractivity contribution in [2.45, 2.75) is 290 Å². The van der Waals surface area contributed by atoms with Gasteiger partial charge in [-0.2, -0.15) is 0 Å². The highest BCUT2D eigenvalue weighted by molar-refractivity contribution is 5.89. The molecule has 382 valence electrons. The van der Waals surface area contributed by atoms with E-state index >= 15 is 0 Å². The van der Waals surface area contributed by atoms with Gasteiger partial charge in [-0.25, -0.2) is 4.79 Å². The van der Waals surface area contributed by atoms with Crippen molar-refractivity contribution >= 4 is 5.97 Å². The predicted molar refractivity (Wildman–Crippen MR) is 288 cm³/mol. The Labute approximate surface area is 410 Å². The van der Waals surface area contributed by atoms with Gasteiger partial charge in [-0.1, -0.05) is 231 Å². The van der Waals surface area contributed by atoms with Gasteiger partial charge in [0.05, 0.1) is 25.4 Å². The van der Waals surface area contributed by atoms with Crippen LogP contribution in [0.2, 0.25) is 0 Å². The van der Waals surface area contributed by atoms with E-state index in [-0.39, 0.29) is 5.56 Å². The minimum atomic E-state index is -0.973. The zero-order chi connectivity index (χ0) is 47.5. The summed E-state index contributed by atoms with van der Waals surface area (Å²) in [6.07, 6.45) is 67.4. The number of rotatable bonds is 52. The molecule has 0 saturated heterocycles. The van der Waals surface area contributed by atoms with Crippen molar-refractivity contribution in [1.29, 1.82) is 0 Å². The Hall–Kier alpha value is -2.69. The number of hydrogen-bond donors (Lipinski definition) is 1. The molecule has 1 N–H and O–H groups in total. The monoisotopic (exact) mass is 921 g/mol. The van der Waals surface area contributed by atoms with E-state index in [2.05, 4.69) is 57.2 Å².